The number of carbonyl (C=O) groups excluding carboxylic acids is 1. The predicted octanol–water partition coefficient (Wildman–Crippen LogP) is 1.70. The van der Waals surface area contributed by atoms with Crippen LogP contribution >= 0.6 is 7.92 Å². The van der Waals surface area contributed by atoms with Gasteiger partial charge in [-0.1, -0.05) is 0 Å². The number of hydrogen-bond acceptors (Lipinski definition) is 3. The summed E-state index contributed by atoms with van der Waals surface area (Å²) in [5.74, 6) is -3.13. The Kier molecular flexibility index (Phi) is 4.77. The molecule has 1 aromatic rings. The van der Waals surface area contributed by atoms with Crippen molar-refractivity contribution in [1.29, 1.82) is 0 Å². The number of halogens is 2. The normalized spacial score (nSPS) is 9.44. The molecule has 0 radical (unpaired) electrons. The molecule has 0 aliphatic heterocycles. The fourth-order valence-electron chi connectivity index (χ4n) is 1.17. The molecular formula is C10H6F2NO4P. The summed E-state index contributed by atoms with van der Waals surface area (Å²) >= 11 is 0. The van der Waals surface area contributed by atoms with Crippen LogP contribution in [0.1, 0.15) is 10.4 Å². The van der Waals surface area contributed by atoms with Crippen molar-refractivity contribution in [2.45, 2.75) is 0 Å². The van der Waals surface area contributed by atoms with Crippen LogP contribution in [0.2, 0.25) is 0 Å². The zero-order valence-corrected chi connectivity index (χ0v) is 9.66. The van der Waals surface area contributed by atoms with Gasteiger partial charge in [0.15, 0.2) is 0 Å². The Labute approximate surface area is 101 Å². The van der Waals surface area contributed by atoms with Crippen molar-refractivity contribution in [1.82, 2.24) is 4.90 Å². The molecule has 0 spiro atoms. The van der Waals surface area contributed by atoms with Crippen molar-refractivity contribution < 1.29 is 28.0 Å². The van der Waals surface area contributed by atoms with Crippen LogP contribution in [0.15, 0.2) is 18.2 Å². The van der Waals surface area contributed by atoms with Crippen LogP contribution < -0.4 is 0 Å². The second-order valence-corrected chi connectivity index (χ2v) is 3.46. The molecule has 0 aromatic heterocycles. The van der Waals surface area contributed by atoms with E-state index in [0.29, 0.717) is 4.90 Å². The Hall–Kier alpha value is -1.97. The summed E-state index contributed by atoms with van der Waals surface area (Å²) in [6, 6.07) is 2.76. The van der Waals surface area contributed by atoms with E-state index in [1.807, 2.05) is 5.75 Å². The minimum atomic E-state index is -1.43. The number of carbonyl (C=O) groups is 2. The average Bonchev–Trinajstić information content (AvgIpc) is 2.27. The maximum atomic E-state index is 13.3. The molecule has 0 aliphatic rings. The molecule has 1 amide bonds. The van der Waals surface area contributed by atoms with E-state index in [4.69, 9.17) is 5.11 Å². The van der Waals surface area contributed by atoms with Gasteiger partial charge < -0.3 is 0 Å². The van der Waals surface area contributed by atoms with Crippen LogP contribution in [0.3, 0.4) is 0 Å². The van der Waals surface area contributed by atoms with Crippen LogP contribution in [0.4, 0.5) is 8.78 Å². The van der Waals surface area contributed by atoms with Crippen molar-refractivity contribution in [3.05, 3.63) is 35.4 Å². The van der Waals surface area contributed by atoms with Crippen LogP contribution in [0, 0.1) is 17.4 Å². The molecular weight excluding hydrogens is 267 g/mol. The third kappa shape index (κ3) is 3.26. The molecule has 1 aromatic carbocycles. The molecule has 1 N–H and O–H groups in total. The minimum absolute atomic E-state index is 0.332. The third-order valence-electron chi connectivity index (χ3n) is 1.88. The van der Waals surface area contributed by atoms with E-state index in [2.05, 4.69) is 0 Å². The molecule has 1 rings (SSSR count). The van der Waals surface area contributed by atoms with Gasteiger partial charge >= 0.3 is 100 Å². The quantitative estimate of drug-likeness (QED) is 0.671. The van der Waals surface area contributed by atoms with Crippen molar-refractivity contribution >= 4 is 19.8 Å². The molecule has 18 heavy (non-hydrogen) atoms. The van der Waals surface area contributed by atoms with Crippen molar-refractivity contribution in [2.75, 3.05) is 6.54 Å². The Morgan fingerprint density at radius 1 is 1.33 bits per heavy atom. The molecule has 0 fully saturated rings. The topological polar surface area (TPSA) is 74.7 Å². The van der Waals surface area contributed by atoms with Crippen LogP contribution in [-0.2, 0) is 9.36 Å². The van der Waals surface area contributed by atoms with E-state index < -0.39 is 43.5 Å². The molecule has 8 heteroatoms. The number of nitrogens with zero attached hydrogens (tertiary/aromatic N) is 1. The first-order chi connectivity index (χ1) is 8.47. The summed E-state index contributed by atoms with van der Waals surface area (Å²) in [6.07, 6.45) is 0. The molecule has 0 saturated carbocycles. The van der Waals surface area contributed by atoms with Gasteiger partial charge in [-0.15, -0.1) is 0 Å². The van der Waals surface area contributed by atoms with Gasteiger partial charge in [0.25, 0.3) is 0 Å². The Bertz CT molecular complexity index is 579. The molecule has 0 unspecified atom stereocenters. The number of carboxylic acid groups (broad SMARTS) is 1. The molecule has 0 atom stereocenters. The summed E-state index contributed by atoms with van der Waals surface area (Å²) in [7, 11) is -0.775. The van der Waals surface area contributed by atoms with Gasteiger partial charge in [0, 0.05) is 0 Å². The number of amides is 1. The summed E-state index contributed by atoms with van der Waals surface area (Å²) in [5.41, 5.74) is -0.921. The van der Waals surface area contributed by atoms with Crippen LogP contribution in [-0.4, -0.2) is 28.4 Å². The first-order valence-corrected chi connectivity index (χ1v) is 5.34. The van der Waals surface area contributed by atoms with E-state index >= 15 is 0 Å². The monoisotopic (exact) mass is 273 g/mol. The first kappa shape index (κ1) is 14.1. The van der Waals surface area contributed by atoms with E-state index in [1.54, 1.807) is 0 Å². The molecule has 0 aliphatic carbocycles. The van der Waals surface area contributed by atoms with Crippen LogP contribution in [0.5, 0.6) is 0 Å². The molecule has 0 heterocycles. The van der Waals surface area contributed by atoms with E-state index in [9.17, 15) is 22.9 Å². The molecule has 94 valence electrons. The molecule has 0 saturated heterocycles. The van der Waals surface area contributed by atoms with Gasteiger partial charge in [0.1, 0.15) is 0 Å². The SMILES string of the molecule is O=P#CN(CC(=O)O)C(=O)c1c(F)cccc1F. The van der Waals surface area contributed by atoms with E-state index in [0.717, 1.165) is 18.2 Å². The number of hydrogen-bond donors (Lipinski definition) is 1. The predicted molar refractivity (Wildman–Crippen MR) is 56.5 cm³/mol. The van der Waals surface area contributed by atoms with Gasteiger partial charge in [-0.25, -0.2) is 0 Å². The summed E-state index contributed by atoms with van der Waals surface area (Å²) in [4.78, 5) is 22.5. The Morgan fingerprint density at radius 3 is 2.33 bits per heavy atom. The maximum absolute atomic E-state index is 13.3. The number of carboxylic acids is 1. The van der Waals surface area contributed by atoms with Gasteiger partial charge in [0.2, 0.25) is 0 Å². The van der Waals surface area contributed by atoms with Crippen LogP contribution in [0.25, 0.3) is 0 Å². The average molecular weight is 273 g/mol. The standard InChI is InChI=1S/C10H6F2NO4P/c11-6-2-1-3-7(12)9(6)10(16)13(5-18-17)4-8(14)15/h1-3H,4H2,(H,14,15). The van der Waals surface area contributed by atoms with Gasteiger partial charge in [-0.3, -0.25) is 0 Å². The molecule has 0 bridgehead atoms. The van der Waals surface area contributed by atoms with Gasteiger partial charge in [0.05, 0.1) is 0 Å². The Morgan fingerprint density at radius 2 is 1.89 bits per heavy atom. The van der Waals surface area contributed by atoms with Gasteiger partial charge in [-0.05, 0) is 0 Å². The number of aliphatic carboxylic acids is 1. The Balaban J connectivity index is 3.20. The number of benzene rings is 1. The van der Waals surface area contributed by atoms with E-state index in [-0.39, 0.29) is 0 Å². The summed E-state index contributed by atoms with van der Waals surface area (Å²) in [5, 5.41) is 8.52. The number of rotatable bonds is 3. The van der Waals surface area contributed by atoms with E-state index in [1.165, 1.54) is 0 Å². The first-order valence-electron chi connectivity index (χ1n) is 4.53. The zero-order chi connectivity index (χ0) is 13.7. The fourth-order valence-corrected chi connectivity index (χ4v) is 1.43. The van der Waals surface area contributed by atoms with Gasteiger partial charge in [-0.2, -0.15) is 0 Å². The second kappa shape index (κ2) is 6.10. The third-order valence-corrected chi connectivity index (χ3v) is 2.20. The fraction of sp³-hybridized carbons (Fsp3) is 0.100. The van der Waals surface area contributed by atoms with Crippen molar-refractivity contribution in [3.8, 4) is 5.75 Å². The van der Waals surface area contributed by atoms with Crippen molar-refractivity contribution in [3.63, 3.8) is 0 Å². The summed E-state index contributed by atoms with van der Waals surface area (Å²) in [6.45, 7) is -0.901. The van der Waals surface area contributed by atoms with Crippen molar-refractivity contribution in [2.24, 2.45) is 0 Å². The summed E-state index contributed by atoms with van der Waals surface area (Å²) < 4.78 is 36.9. The zero-order valence-electron chi connectivity index (χ0n) is 8.76. The second-order valence-electron chi connectivity index (χ2n) is 3.07. The molecule has 5 nitrogen and oxygen atoms in total.